The van der Waals surface area contributed by atoms with Gasteiger partial charge < -0.3 is 9.84 Å². The molecule has 1 N–H and O–H groups in total. The Morgan fingerprint density at radius 1 is 1.29 bits per heavy atom. The van der Waals surface area contributed by atoms with E-state index in [0.717, 1.165) is 28.3 Å². The number of aromatic nitrogens is 3. The molecule has 1 amide bonds. The summed E-state index contributed by atoms with van der Waals surface area (Å²) in [4.78, 5) is 11.9. The van der Waals surface area contributed by atoms with Gasteiger partial charge >= 0.3 is 0 Å². The fraction of sp³-hybridized carbons (Fsp3) is 0.167. The molecule has 6 heteroatoms. The van der Waals surface area contributed by atoms with Crippen molar-refractivity contribution in [1.29, 1.82) is 0 Å². The zero-order valence-electron chi connectivity index (χ0n) is 13.6. The molecule has 2 aromatic heterocycles. The first-order valence-electron chi connectivity index (χ1n) is 7.61. The first-order valence-corrected chi connectivity index (χ1v) is 7.61. The van der Waals surface area contributed by atoms with Gasteiger partial charge in [0, 0.05) is 29.9 Å². The molecule has 0 atom stereocenters. The fourth-order valence-electron chi connectivity index (χ4n) is 2.31. The maximum absolute atomic E-state index is 11.9. The number of nitrogens with one attached hydrogen (secondary N) is 1. The molecule has 0 saturated carbocycles. The summed E-state index contributed by atoms with van der Waals surface area (Å²) in [5, 5.41) is 11.0. The van der Waals surface area contributed by atoms with Gasteiger partial charge in [-0.1, -0.05) is 23.4 Å². The van der Waals surface area contributed by atoms with Crippen molar-refractivity contribution in [3.63, 3.8) is 0 Å². The second-order valence-corrected chi connectivity index (χ2v) is 5.41. The van der Waals surface area contributed by atoms with Gasteiger partial charge in [-0.3, -0.25) is 4.79 Å². The average molecular weight is 322 g/mol. The molecular formula is C18H18N4O2. The van der Waals surface area contributed by atoms with Crippen molar-refractivity contribution >= 4 is 12.0 Å². The van der Waals surface area contributed by atoms with E-state index < -0.39 is 0 Å². The molecule has 0 aliphatic carbocycles. The number of carbonyl (C=O) groups excluding carboxylic acids is 1. The Kier molecular flexibility index (Phi) is 4.56. The fourth-order valence-corrected chi connectivity index (χ4v) is 2.31. The maximum atomic E-state index is 11.9. The molecule has 0 unspecified atom stereocenters. The van der Waals surface area contributed by atoms with Crippen LogP contribution in [0.25, 0.3) is 11.8 Å². The van der Waals surface area contributed by atoms with Crippen molar-refractivity contribution in [2.45, 2.75) is 20.4 Å². The predicted molar refractivity (Wildman–Crippen MR) is 90.4 cm³/mol. The Bertz CT molecular complexity index is 843. The first kappa shape index (κ1) is 15.7. The molecule has 0 aliphatic heterocycles. The Morgan fingerprint density at radius 3 is 2.79 bits per heavy atom. The number of para-hydroxylation sites is 1. The monoisotopic (exact) mass is 322 g/mol. The second kappa shape index (κ2) is 6.95. The van der Waals surface area contributed by atoms with Crippen LogP contribution < -0.4 is 5.32 Å². The van der Waals surface area contributed by atoms with Crippen LogP contribution in [0.15, 0.2) is 53.3 Å². The van der Waals surface area contributed by atoms with Gasteiger partial charge in [0.15, 0.2) is 0 Å². The lowest BCUT2D eigenvalue weighted by atomic mass is 10.2. The van der Waals surface area contributed by atoms with E-state index in [1.807, 2.05) is 50.4 Å². The quantitative estimate of drug-likeness (QED) is 0.733. The lowest BCUT2D eigenvalue weighted by Gasteiger charge is -2.01. The van der Waals surface area contributed by atoms with E-state index >= 15 is 0 Å². The van der Waals surface area contributed by atoms with Crippen molar-refractivity contribution in [1.82, 2.24) is 20.3 Å². The van der Waals surface area contributed by atoms with E-state index in [0.29, 0.717) is 6.54 Å². The van der Waals surface area contributed by atoms with Gasteiger partial charge in [0.1, 0.15) is 5.76 Å². The molecule has 1 aromatic carbocycles. The summed E-state index contributed by atoms with van der Waals surface area (Å²) in [5.41, 5.74) is 3.53. The maximum Gasteiger partial charge on any atom is 0.244 e. The van der Waals surface area contributed by atoms with E-state index in [4.69, 9.17) is 4.52 Å². The summed E-state index contributed by atoms with van der Waals surface area (Å²) in [7, 11) is 0. The molecule has 0 radical (unpaired) electrons. The lowest BCUT2D eigenvalue weighted by Crippen LogP contribution is -2.20. The van der Waals surface area contributed by atoms with Crippen molar-refractivity contribution in [2.24, 2.45) is 0 Å². The van der Waals surface area contributed by atoms with Crippen LogP contribution in [-0.4, -0.2) is 20.8 Å². The zero-order valence-corrected chi connectivity index (χ0v) is 13.6. The number of benzene rings is 1. The number of rotatable bonds is 5. The third kappa shape index (κ3) is 3.60. The number of hydrogen-bond acceptors (Lipinski definition) is 4. The summed E-state index contributed by atoms with van der Waals surface area (Å²) in [6.07, 6.45) is 6.80. The van der Waals surface area contributed by atoms with Crippen molar-refractivity contribution < 1.29 is 9.32 Å². The lowest BCUT2D eigenvalue weighted by molar-refractivity contribution is -0.116. The third-order valence-corrected chi connectivity index (χ3v) is 3.67. The number of amides is 1. The van der Waals surface area contributed by atoms with Gasteiger partial charge in [0.2, 0.25) is 5.91 Å². The highest BCUT2D eigenvalue weighted by atomic mass is 16.5. The van der Waals surface area contributed by atoms with Gasteiger partial charge in [-0.25, -0.2) is 4.68 Å². The summed E-state index contributed by atoms with van der Waals surface area (Å²) < 4.78 is 6.84. The van der Waals surface area contributed by atoms with Crippen LogP contribution >= 0.6 is 0 Å². The molecule has 0 aliphatic rings. The van der Waals surface area contributed by atoms with Gasteiger partial charge in [-0.2, -0.15) is 5.10 Å². The number of hydrogen-bond donors (Lipinski definition) is 1. The Hall–Kier alpha value is -3.15. The standard InChI is InChI=1S/C18H18N4O2/c1-13-17(14(2)24-21-13)11-19-18(23)9-8-15-10-20-22(12-15)16-6-4-3-5-7-16/h3-10,12H,11H2,1-2H3,(H,19,23). The van der Waals surface area contributed by atoms with E-state index in [9.17, 15) is 4.79 Å². The molecule has 0 saturated heterocycles. The molecule has 0 spiro atoms. The second-order valence-electron chi connectivity index (χ2n) is 5.41. The molecule has 24 heavy (non-hydrogen) atoms. The van der Waals surface area contributed by atoms with Crippen LogP contribution in [-0.2, 0) is 11.3 Å². The zero-order chi connectivity index (χ0) is 16.9. The van der Waals surface area contributed by atoms with Crippen LogP contribution in [0.2, 0.25) is 0 Å². The largest absolute Gasteiger partial charge is 0.361 e. The van der Waals surface area contributed by atoms with Gasteiger partial charge in [-0.15, -0.1) is 0 Å². The van der Waals surface area contributed by atoms with Crippen molar-refractivity contribution in [3.8, 4) is 5.69 Å². The molecule has 6 nitrogen and oxygen atoms in total. The molecule has 0 bridgehead atoms. The Morgan fingerprint density at radius 2 is 2.08 bits per heavy atom. The van der Waals surface area contributed by atoms with E-state index in [2.05, 4.69) is 15.6 Å². The van der Waals surface area contributed by atoms with Crippen molar-refractivity contribution in [2.75, 3.05) is 0 Å². The molecule has 3 rings (SSSR count). The third-order valence-electron chi connectivity index (χ3n) is 3.67. The van der Waals surface area contributed by atoms with E-state index in [-0.39, 0.29) is 5.91 Å². The highest BCUT2D eigenvalue weighted by Gasteiger charge is 2.09. The molecular weight excluding hydrogens is 304 g/mol. The molecule has 2 heterocycles. The highest BCUT2D eigenvalue weighted by Crippen LogP contribution is 2.11. The van der Waals surface area contributed by atoms with Crippen LogP contribution in [0.4, 0.5) is 0 Å². The number of carbonyl (C=O) groups is 1. The van der Waals surface area contributed by atoms with Gasteiger partial charge in [0.25, 0.3) is 0 Å². The van der Waals surface area contributed by atoms with Crippen LogP contribution in [0.5, 0.6) is 0 Å². The van der Waals surface area contributed by atoms with Crippen LogP contribution in [0.3, 0.4) is 0 Å². The topological polar surface area (TPSA) is 73.0 Å². The van der Waals surface area contributed by atoms with Crippen LogP contribution in [0.1, 0.15) is 22.6 Å². The van der Waals surface area contributed by atoms with Crippen LogP contribution in [0, 0.1) is 13.8 Å². The summed E-state index contributed by atoms with van der Waals surface area (Å²) >= 11 is 0. The Labute approximate surface area is 139 Å². The number of aryl methyl sites for hydroxylation is 2. The minimum absolute atomic E-state index is 0.178. The van der Waals surface area contributed by atoms with Crippen molar-refractivity contribution in [3.05, 3.63) is 71.4 Å². The van der Waals surface area contributed by atoms with Gasteiger partial charge in [-0.05, 0) is 32.1 Å². The number of nitrogens with zero attached hydrogens (tertiary/aromatic N) is 3. The molecule has 122 valence electrons. The van der Waals surface area contributed by atoms with Gasteiger partial charge in [0.05, 0.1) is 17.6 Å². The first-order chi connectivity index (χ1) is 11.6. The van der Waals surface area contributed by atoms with E-state index in [1.165, 1.54) is 6.08 Å². The summed E-state index contributed by atoms with van der Waals surface area (Å²) in [6.45, 7) is 4.08. The minimum atomic E-state index is -0.178. The van der Waals surface area contributed by atoms with E-state index in [1.54, 1.807) is 17.0 Å². The average Bonchev–Trinajstić information content (AvgIpc) is 3.19. The normalized spacial score (nSPS) is 11.1. The SMILES string of the molecule is Cc1noc(C)c1CNC(=O)C=Cc1cnn(-c2ccccc2)c1. The minimum Gasteiger partial charge on any atom is -0.361 e. The smallest absolute Gasteiger partial charge is 0.244 e. The summed E-state index contributed by atoms with van der Waals surface area (Å²) in [6, 6.07) is 9.80. The summed E-state index contributed by atoms with van der Waals surface area (Å²) in [5.74, 6) is 0.545. The highest BCUT2D eigenvalue weighted by molar-refractivity contribution is 5.91. The molecule has 3 aromatic rings. The molecule has 0 fully saturated rings. The predicted octanol–water partition coefficient (Wildman–Crippen LogP) is 2.81. The Balaban J connectivity index is 1.60.